The monoisotopic (exact) mass is 369 g/mol. The van der Waals surface area contributed by atoms with E-state index in [9.17, 15) is 9.59 Å². The van der Waals surface area contributed by atoms with Crippen LogP contribution < -0.4 is 4.74 Å². The zero-order valence-electron chi connectivity index (χ0n) is 14.8. The normalized spacial score (nSPS) is 14.6. The first-order chi connectivity index (χ1) is 11.9. The molecule has 1 aromatic heterocycles. The van der Waals surface area contributed by atoms with Crippen molar-refractivity contribution in [1.82, 2.24) is 14.8 Å². The third-order valence-corrected chi connectivity index (χ3v) is 3.99. The highest BCUT2D eigenvalue weighted by Gasteiger charge is 2.27. The molecule has 2 amide bonds. The molecular formula is C17H24ClN3O4. The number of rotatable bonds is 5. The van der Waals surface area contributed by atoms with Gasteiger partial charge in [0.05, 0.1) is 18.2 Å². The molecule has 1 aliphatic heterocycles. The molecule has 1 aromatic rings. The van der Waals surface area contributed by atoms with Crippen molar-refractivity contribution in [2.45, 2.75) is 20.8 Å². The number of halogens is 1. The van der Waals surface area contributed by atoms with Crippen LogP contribution in [0.25, 0.3) is 0 Å². The van der Waals surface area contributed by atoms with Crippen LogP contribution in [0.1, 0.15) is 31.3 Å². The molecule has 25 heavy (non-hydrogen) atoms. The number of carbonyl (C=O) groups is 2. The van der Waals surface area contributed by atoms with E-state index in [1.165, 1.54) is 0 Å². The highest BCUT2D eigenvalue weighted by atomic mass is 35.5. The number of carbonyl (C=O) groups excluding carboxylic acids is 2. The van der Waals surface area contributed by atoms with E-state index in [2.05, 4.69) is 4.98 Å². The standard InChI is InChI=1S/C17H24ClN3O4/c1-4-24-14-6-5-13(18)15(19-14)16(22)20-7-9-21(10-8-20)17(23)25-11-12(2)3/h5-6,12H,4,7-11H2,1-3H3. The van der Waals surface area contributed by atoms with Crippen LogP contribution in [-0.4, -0.2) is 66.2 Å². The topological polar surface area (TPSA) is 72.0 Å². The molecule has 138 valence electrons. The lowest BCUT2D eigenvalue weighted by molar-refractivity contribution is 0.0531. The van der Waals surface area contributed by atoms with E-state index in [1.54, 1.807) is 21.9 Å². The Bertz CT molecular complexity index is 616. The molecule has 0 aromatic carbocycles. The van der Waals surface area contributed by atoms with Crippen LogP contribution in [0.15, 0.2) is 12.1 Å². The van der Waals surface area contributed by atoms with E-state index in [-0.39, 0.29) is 28.6 Å². The van der Waals surface area contributed by atoms with Gasteiger partial charge in [-0.25, -0.2) is 9.78 Å². The first-order valence-corrected chi connectivity index (χ1v) is 8.80. The lowest BCUT2D eigenvalue weighted by atomic mass is 10.2. The molecule has 0 aliphatic carbocycles. The average molecular weight is 370 g/mol. The van der Waals surface area contributed by atoms with Crippen molar-refractivity contribution in [2.24, 2.45) is 5.92 Å². The molecule has 1 aliphatic rings. The van der Waals surface area contributed by atoms with E-state index in [0.29, 0.717) is 45.3 Å². The van der Waals surface area contributed by atoms with E-state index in [1.807, 2.05) is 20.8 Å². The summed E-state index contributed by atoms with van der Waals surface area (Å²) in [5.74, 6) is 0.394. The largest absolute Gasteiger partial charge is 0.478 e. The highest BCUT2D eigenvalue weighted by molar-refractivity contribution is 6.33. The van der Waals surface area contributed by atoms with Gasteiger partial charge in [0.25, 0.3) is 5.91 Å². The predicted molar refractivity (Wildman–Crippen MR) is 94.1 cm³/mol. The van der Waals surface area contributed by atoms with Crippen molar-refractivity contribution in [3.63, 3.8) is 0 Å². The van der Waals surface area contributed by atoms with E-state index < -0.39 is 0 Å². The van der Waals surface area contributed by atoms with Gasteiger partial charge in [-0.1, -0.05) is 25.4 Å². The molecule has 2 heterocycles. The zero-order chi connectivity index (χ0) is 18.4. The van der Waals surface area contributed by atoms with Crippen molar-refractivity contribution in [3.8, 4) is 5.88 Å². The second kappa shape index (κ2) is 8.89. The maximum atomic E-state index is 12.7. The Morgan fingerprint density at radius 3 is 2.44 bits per heavy atom. The zero-order valence-corrected chi connectivity index (χ0v) is 15.6. The molecule has 2 rings (SSSR count). The first kappa shape index (κ1) is 19.3. The number of pyridine rings is 1. The summed E-state index contributed by atoms with van der Waals surface area (Å²) in [6.07, 6.45) is -0.338. The number of hydrogen-bond acceptors (Lipinski definition) is 5. The third kappa shape index (κ3) is 5.22. The molecular weight excluding hydrogens is 346 g/mol. The number of piperazine rings is 1. The molecule has 0 saturated carbocycles. The van der Waals surface area contributed by atoms with Gasteiger partial charge < -0.3 is 19.3 Å². The number of hydrogen-bond donors (Lipinski definition) is 0. The van der Waals surface area contributed by atoms with E-state index >= 15 is 0 Å². The summed E-state index contributed by atoms with van der Waals surface area (Å²) >= 11 is 6.11. The number of amides is 2. The average Bonchev–Trinajstić information content (AvgIpc) is 2.61. The van der Waals surface area contributed by atoms with Crippen LogP contribution in [0.3, 0.4) is 0 Å². The van der Waals surface area contributed by atoms with Crippen LogP contribution in [0.4, 0.5) is 4.79 Å². The Balaban J connectivity index is 1.95. The third-order valence-electron chi connectivity index (χ3n) is 3.68. The first-order valence-electron chi connectivity index (χ1n) is 8.42. The maximum absolute atomic E-state index is 12.7. The Labute approximate surface area is 152 Å². The second-order valence-electron chi connectivity index (χ2n) is 6.16. The molecule has 0 unspecified atom stereocenters. The molecule has 1 saturated heterocycles. The van der Waals surface area contributed by atoms with Gasteiger partial charge in [-0.15, -0.1) is 0 Å². The fraction of sp³-hybridized carbons (Fsp3) is 0.588. The lowest BCUT2D eigenvalue weighted by Gasteiger charge is -2.34. The lowest BCUT2D eigenvalue weighted by Crippen LogP contribution is -2.51. The quantitative estimate of drug-likeness (QED) is 0.797. The SMILES string of the molecule is CCOc1ccc(Cl)c(C(=O)N2CCN(C(=O)OCC(C)C)CC2)n1. The Kier molecular flexibility index (Phi) is 6.87. The van der Waals surface area contributed by atoms with E-state index in [4.69, 9.17) is 21.1 Å². The summed E-state index contributed by atoms with van der Waals surface area (Å²) in [7, 11) is 0. The molecule has 0 atom stereocenters. The van der Waals surface area contributed by atoms with Gasteiger partial charge in [-0.2, -0.15) is 0 Å². The second-order valence-corrected chi connectivity index (χ2v) is 6.57. The summed E-state index contributed by atoms with van der Waals surface area (Å²) in [4.78, 5) is 32.1. The fourth-order valence-corrected chi connectivity index (χ4v) is 2.56. The smallest absolute Gasteiger partial charge is 0.409 e. The number of ether oxygens (including phenoxy) is 2. The predicted octanol–water partition coefficient (Wildman–Crippen LogP) is 2.68. The van der Waals surface area contributed by atoms with Gasteiger partial charge in [-0.05, 0) is 18.9 Å². The van der Waals surface area contributed by atoms with Crippen LogP contribution >= 0.6 is 11.6 Å². The van der Waals surface area contributed by atoms with Crippen molar-refractivity contribution in [1.29, 1.82) is 0 Å². The van der Waals surface area contributed by atoms with Gasteiger partial charge in [0.15, 0.2) is 5.69 Å². The van der Waals surface area contributed by atoms with Gasteiger partial charge in [0.2, 0.25) is 5.88 Å². The number of nitrogens with zero attached hydrogens (tertiary/aromatic N) is 3. The minimum atomic E-state index is -0.338. The molecule has 1 fully saturated rings. The van der Waals surface area contributed by atoms with Crippen molar-refractivity contribution in [3.05, 3.63) is 22.8 Å². The summed E-state index contributed by atoms with van der Waals surface area (Å²) in [5.41, 5.74) is 0.170. The minimum absolute atomic E-state index is 0.170. The summed E-state index contributed by atoms with van der Waals surface area (Å²) < 4.78 is 10.5. The van der Waals surface area contributed by atoms with Gasteiger partial charge >= 0.3 is 6.09 Å². The molecule has 0 N–H and O–H groups in total. The fourth-order valence-electron chi connectivity index (χ4n) is 2.37. The summed E-state index contributed by atoms with van der Waals surface area (Å²) in [5, 5.41) is 0.284. The van der Waals surface area contributed by atoms with Crippen molar-refractivity contribution in [2.75, 3.05) is 39.4 Å². The van der Waals surface area contributed by atoms with Gasteiger partial charge in [0.1, 0.15) is 0 Å². The Morgan fingerprint density at radius 1 is 1.20 bits per heavy atom. The Hall–Kier alpha value is -2.02. The molecule has 0 radical (unpaired) electrons. The summed E-state index contributed by atoms with van der Waals surface area (Å²) in [6, 6.07) is 3.23. The van der Waals surface area contributed by atoms with Gasteiger partial charge in [0, 0.05) is 32.2 Å². The maximum Gasteiger partial charge on any atom is 0.409 e. The minimum Gasteiger partial charge on any atom is -0.478 e. The van der Waals surface area contributed by atoms with Gasteiger partial charge in [-0.3, -0.25) is 4.79 Å². The van der Waals surface area contributed by atoms with Crippen LogP contribution in [-0.2, 0) is 4.74 Å². The van der Waals surface area contributed by atoms with Crippen LogP contribution in [0.5, 0.6) is 5.88 Å². The van der Waals surface area contributed by atoms with Crippen LogP contribution in [0.2, 0.25) is 5.02 Å². The van der Waals surface area contributed by atoms with Crippen LogP contribution in [0, 0.1) is 5.92 Å². The van der Waals surface area contributed by atoms with E-state index in [0.717, 1.165) is 0 Å². The molecule has 0 bridgehead atoms. The van der Waals surface area contributed by atoms with Crippen molar-refractivity contribution >= 4 is 23.6 Å². The highest BCUT2D eigenvalue weighted by Crippen LogP contribution is 2.20. The molecule has 7 nitrogen and oxygen atoms in total. The van der Waals surface area contributed by atoms with Crippen molar-refractivity contribution < 1.29 is 19.1 Å². The molecule has 8 heteroatoms. The molecule has 0 spiro atoms. The number of aromatic nitrogens is 1. The Morgan fingerprint density at radius 2 is 1.84 bits per heavy atom. The summed E-state index contributed by atoms with van der Waals surface area (Å²) in [6.45, 7) is 8.32.